The Morgan fingerprint density at radius 3 is 2.62 bits per heavy atom. The molecule has 2 aliphatic heterocycles. The number of nitrogens with zero attached hydrogens (tertiary/aromatic N) is 4. The van der Waals surface area contributed by atoms with Gasteiger partial charge in [-0.25, -0.2) is 9.97 Å². The first kappa shape index (κ1) is 13.5. The molecule has 112 valence electrons. The molecule has 1 aromatic heterocycles. The molecule has 6 heteroatoms. The van der Waals surface area contributed by atoms with E-state index in [0.717, 1.165) is 42.9 Å². The predicted molar refractivity (Wildman–Crippen MR) is 82.8 cm³/mol. The van der Waals surface area contributed by atoms with Crippen LogP contribution < -0.4 is 4.90 Å². The van der Waals surface area contributed by atoms with Gasteiger partial charge in [0.05, 0.1) is 4.47 Å². The number of carbonyl (C=O) groups is 1. The van der Waals surface area contributed by atoms with Gasteiger partial charge < -0.3 is 9.80 Å². The predicted octanol–water partition coefficient (Wildman–Crippen LogP) is 1.93. The van der Waals surface area contributed by atoms with E-state index in [2.05, 4.69) is 42.6 Å². The molecule has 3 fully saturated rings. The van der Waals surface area contributed by atoms with E-state index < -0.39 is 0 Å². The summed E-state index contributed by atoms with van der Waals surface area (Å²) in [5, 5.41) is 0. The number of amides is 1. The van der Waals surface area contributed by atoms with E-state index in [0.29, 0.717) is 29.7 Å². The second kappa shape index (κ2) is 4.93. The maximum atomic E-state index is 12.4. The molecule has 5 nitrogen and oxygen atoms in total. The first-order valence-electron chi connectivity index (χ1n) is 7.65. The molecule has 2 saturated heterocycles. The van der Waals surface area contributed by atoms with E-state index >= 15 is 0 Å². The summed E-state index contributed by atoms with van der Waals surface area (Å²) in [6.45, 7) is 4.88. The summed E-state index contributed by atoms with van der Waals surface area (Å²) in [4.78, 5) is 25.6. The van der Waals surface area contributed by atoms with Crippen molar-refractivity contribution in [2.24, 2.45) is 17.8 Å². The molecule has 1 aliphatic carbocycles. The number of fused-ring (bicyclic) bond motifs is 2. The summed E-state index contributed by atoms with van der Waals surface area (Å²) < 4.78 is 0.896. The van der Waals surface area contributed by atoms with Crippen molar-refractivity contribution in [1.29, 1.82) is 0 Å². The Balaban J connectivity index is 1.49. The lowest BCUT2D eigenvalue weighted by atomic mass is 9.99. The molecule has 0 N–H and O–H groups in total. The van der Waals surface area contributed by atoms with E-state index in [1.165, 1.54) is 0 Å². The molecule has 21 heavy (non-hydrogen) atoms. The second-order valence-electron chi connectivity index (χ2n) is 6.67. The van der Waals surface area contributed by atoms with Gasteiger partial charge in [-0.3, -0.25) is 4.79 Å². The first-order chi connectivity index (χ1) is 10.1. The molecule has 4 rings (SSSR count). The Labute approximate surface area is 132 Å². The number of hydrogen-bond acceptors (Lipinski definition) is 4. The van der Waals surface area contributed by atoms with Crippen molar-refractivity contribution in [2.45, 2.75) is 25.8 Å². The van der Waals surface area contributed by atoms with Crippen LogP contribution in [0.25, 0.3) is 0 Å². The van der Waals surface area contributed by atoms with Gasteiger partial charge in [-0.05, 0) is 40.6 Å². The Morgan fingerprint density at radius 1 is 1.24 bits per heavy atom. The average Bonchev–Trinajstić information content (AvgIpc) is 3.14. The van der Waals surface area contributed by atoms with Gasteiger partial charge in [-0.15, -0.1) is 0 Å². The van der Waals surface area contributed by atoms with Crippen molar-refractivity contribution in [2.75, 3.05) is 24.5 Å². The molecular weight excluding hydrogens is 332 g/mol. The van der Waals surface area contributed by atoms with Crippen molar-refractivity contribution in [3.05, 3.63) is 16.9 Å². The minimum atomic E-state index is 0.292. The lowest BCUT2D eigenvalue weighted by Crippen LogP contribution is -2.46. The van der Waals surface area contributed by atoms with Crippen LogP contribution in [0.2, 0.25) is 0 Å². The maximum Gasteiger partial charge on any atom is 0.226 e. The SMILES string of the molecule is C[C@@H]1C[C@H]1C(=O)N1CC2CC(C1)N(c1ncc(Br)cn1)C2. The van der Waals surface area contributed by atoms with Gasteiger partial charge in [0.1, 0.15) is 0 Å². The fourth-order valence-electron chi connectivity index (χ4n) is 3.74. The molecule has 0 aromatic carbocycles. The van der Waals surface area contributed by atoms with Gasteiger partial charge in [0.25, 0.3) is 0 Å². The fourth-order valence-corrected chi connectivity index (χ4v) is 3.94. The number of rotatable bonds is 2. The van der Waals surface area contributed by atoms with Gasteiger partial charge in [0.2, 0.25) is 11.9 Å². The smallest absolute Gasteiger partial charge is 0.226 e. The zero-order chi connectivity index (χ0) is 14.6. The highest BCUT2D eigenvalue weighted by Crippen LogP contribution is 2.41. The van der Waals surface area contributed by atoms with Gasteiger partial charge in [-0.1, -0.05) is 6.92 Å². The van der Waals surface area contributed by atoms with E-state index in [4.69, 9.17) is 0 Å². The molecular formula is C15H19BrN4O. The van der Waals surface area contributed by atoms with E-state index in [1.807, 2.05) is 0 Å². The number of halogens is 1. The normalized spacial score (nSPS) is 34.2. The Bertz CT molecular complexity index is 563. The Morgan fingerprint density at radius 2 is 1.95 bits per heavy atom. The average molecular weight is 351 g/mol. The van der Waals surface area contributed by atoms with Crippen molar-refractivity contribution >= 4 is 27.8 Å². The fraction of sp³-hybridized carbons (Fsp3) is 0.667. The highest BCUT2D eigenvalue weighted by atomic mass is 79.9. The third kappa shape index (κ3) is 2.43. The largest absolute Gasteiger partial charge is 0.340 e. The first-order valence-corrected chi connectivity index (χ1v) is 8.44. The van der Waals surface area contributed by atoms with E-state index in [-0.39, 0.29) is 0 Å². The second-order valence-corrected chi connectivity index (χ2v) is 7.59. The number of hydrogen-bond donors (Lipinski definition) is 0. The third-order valence-electron chi connectivity index (χ3n) is 5.01. The molecule has 4 atom stereocenters. The van der Waals surface area contributed by atoms with Gasteiger partial charge >= 0.3 is 0 Å². The van der Waals surface area contributed by atoms with Gasteiger partial charge in [-0.2, -0.15) is 0 Å². The topological polar surface area (TPSA) is 49.3 Å². The molecule has 1 aromatic rings. The maximum absolute atomic E-state index is 12.4. The molecule has 3 aliphatic rings. The summed E-state index contributed by atoms with van der Waals surface area (Å²) in [5.41, 5.74) is 0. The minimum Gasteiger partial charge on any atom is -0.340 e. The van der Waals surface area contributed by atoms with Gasteiger partial charge in [0.15, 0.2) is 0 Å². The molecule has 1 amide bonds. The number of anilines is 1. The van der Waals surface area contributed by atoms with E-state index in [1.54, 1.807) is 12.4 Å². The van der Waals surface area contributed by atoms with Crippen LogP contribution in [0.3, 0.4) is 0 Å². The molecule has 2 bridgehead atoms. The number of likely N-dealkylation sites (tertiary alicyclic amines) is 1. The highest BCUT2D eigenvalue weighted by molar-refractivity contribution is 9.10. The van der Waals surface area contributed by atoms with Crippen LogP contribution in [0, 0.1) is 17.8 Å². The lowest BCUT2D eigenvalue weighted by Gasteiger charge is -2.33. The van der Waals surface area contributed by atoms with Crippen molar-refractivity contribution in [3.63, 3.8) is 0 Å². The Kier molecular flexibility index (Phi) is 3.17. The Hall–Kier alpha value is -1.17. The zero-order valence-electron chi connectivity index (χ0n) is 12.1. The van der Waals surface area contributed by atoms with E-state index in [9.17, 15) is 4.79 Å². The molecule has 0 spiro atoms. The highest BCUT2D eigenvalue weighted by Gasteiger charge is 2.46. The van der Waals surface area contributed by atoms with Gasteiger partial charge in [0, 0.05) is 44.0 Å². The van der Waals surface area contributed by atoms with Crippen LogP contribution in [0.4, 0.5) is 5.95 Å². The van der Waals surface area contributed by atoms with Crippen LogP contribution in [0.1, 0.15) is 19.8 Å². The monoisotopic (exact) mass is 350 g/mol. The lowest BCUT2D eigenvalue weighted by molar-refractivity contribution is -0.134. The summed E-state index contributed by atoms with van der Waals surface area (Å²) in [6, 6.07) is 0.378. The van der Waals surface area contributed by atoms with Crippen LogP contribution >= 0.6 is 15.9 Å². The van der Waals surface area contributed by atoms with Crippen LogP contribution in [-0.2, 0) is 4.79 Å². The third-order valence-corrected chi connectivity index (χ3v) is 5.42. The van der Waals surface area contributed by atoms with Crippen molar-refractivity contribution in [3.8, 4) is 0 Å². The van der Waals surface area contributed by atoms with Crippen LogP contribution in [-0.4, -0.2) is 46.5 Å². The summed E-state index contributed by atoms with van der Waals surface area (Å²) >= 11 is 3.37. The van der Waals surface area contributed by atoms with Crippen molar-refractivity contribution in [1.82, 2.24) is 14.9 Å². The summed E-state index contributed by atoms with van der Waals surface area (Å²) in [6.07, 6.45) is 5.81. The molecule has 2 unspecified atom stereocenters. The summed E-state index contributed by atoms with van der Waals surface area (Å²) in [7, 11) is 0. The standard InChI is InChI=1S/C15H19BrN4O/c1-9-2-13(9)14(21)19-6-10-3-12(8-19)20(7-10)15-17-4-11(16)5-18-15/h4-5,9-10,12-13H,2-3,6-8H2,1H3/t9-,10?,12?,13-/m1/s1. The number of piperidine rings is 1. The minimum absolute atomic E-state index is 0.292. The zero-order valence-corrected chi connectivity index (χ0v) is 13.7. The molecule has 1 saturated carbocycles. The number of aromatic nitrogens is 2. The number of carbonyl (C=O) groups excluding carboxylic acids is 1. The molecule has 3 heterocycles. The quantitative estimate of drug-likeness (QED) is 0.817. The summed E-state index contributed by atoms with van der Waals surface area (Å²) in [5.74, 6) is 2.60. The molecule has 0 radical (unpaired) electrons. The van der Waals surface area contributed by atoms with Crippen LogP contribution in [0.15, 0.2) is 16.9 Å². The van der Waals surface area contributed by atoms with Crippen LogP contribution in [0.5, 0.6) is 0 Å². The van der Waals surface area contributed by atoms with Crippen molar-refractivity contribution < 1.29 is 4.79 Å².